The van der Waals surface area contributed by atoms with Crippen LogP contribution in [0.15, 0.2) is 40.8 Å². The first-order chi connectivity index (χ1) is 16.4. The molecule has 186 valence electrons. The highest BCUT2D eigenvalue weighted by Crippen LogP contribution is 2.42. The topological polar surface area (TPSA) is 129 Å². The molecular weight excluding hydrogens is 479 g/mol. The zero-order chi connectivity index (χ0) is 25.5. The number of primary amides is 1. The Kier molecular flexibility index (Phi) is 6.46. The van der Waals surface area contributed by atoms with Crippen LogP contribution in [0.2, 0.25) is 0 Å². The normalized spacial score (nSPS) is 16.1. The lowest BCUT2D eigenvalue weighted by atomic mass is 10.0. The zero-order valence-corrected chi connectivity index (χ0v) is 20.2. The van der Waals surface area contributed by atoms with E-state index in [1.165, 1.54) is 30.5 Å². The van der Waals surface area contributed by atoms with Gasteiger partial charge in [0.25, 0.3) is 0 Å². The SMILES string of the molecule is CC(C)Oc1cc2c(C(=O)OC(N)=O)c(-c3ccc(F)cc3)oc2cc1N1CCC(S(C)(=O)=O)C1. The molecule has 11 heteroatoms. The highest BCUT2D eigenvalue weighted by Gasteiger charge is 2.33. The van der Waals surface area contributed by atoms with Gasteiger partial charge in [0.05, 0.1) is 17.0 Å². The highest BCUT2D eigenvalue weighted by molar-refractivity contribution is 7.91. The lowest BCUT2D eigenvalue weighted by Crippen LogP contribution is -2.26. The van der Waals surface area contributed by atoms with Crippen LogP contribution in [-0.4, -0.2) is 51.2 Å². The van der Waals surface area contributed by atoms with E-state index in [1.807, 2.05) is 18.7 Å². The number of sulfone groups is 1. The number of amides is 1. The van der Waals surface area contributed by atoms with Crippen molar-refractivity contribution in [2.45, 2.75) is 31.6 Å². The van der Waals surface area contributed by atoms with Crippen molar-refractivity contribution in [1.82, 2.24) is 0 Å². The van der Waals surface area contributed by atoms with Crippen LogP contribution in [0.25, 0.3) is 22.3 Å². The smallest absolute Gasteiger partial charge is 0.412 e. The van der Waals surface area contributed by atoms with E-state index < -0.39 is 33.0 Å². The standard InChI is InChI=1S/C24H25FN2O7S/c1-13(2)32-20-10-17-19(11-18(20)27-9-8-16(12-27)35(3,30)31)33-22(14-4-6-15(25)7-5-14)21(17)23(28)34-24(26)29/h4-7,10-11,13,16H,8-9,12H2,1-3H3,(H2,26,29). The van der Waals surface area contributed by atoms with Gasteiger partial charge in [0.15, 0.2) is 9.84 Å². The Balaban J connectivity index is 1.91. The number of carbonyl (C=O) groups is 2. The Morgan fingerprint density at radius 1 is 1.20 bits per heavy atom. The maximum atomic E-state index is 13.5. The second-order valence-electron chi connectivity index (χ2n) is 8.69. The molecule has 1 saturated heterocycles. The molecule has 0 saturated carbocycles. The molecule has 35 heavy (non-hydrogen) atoms. The maximum absolute atomic E-state index is 13.5. The van der Waals surface area contributed by atoms with Gasteiger partial charge in [-0.3, -0.25) is 0 Å². The van der Waals surface area contributed by atoms with E-state index in [1.54, 1.807) is 12.1 Å². The van der Waals surface area contributed by atoms with Gasteiger partial charge in [0.1, 0.15) is 28.5 Å². The molecule has 1 aliphatic heterocycles. The number of hydrogen-bond acceptors (Lipinski definition) is 8. The Bertz CT molecular complexity index is 1400. The van der Waals surface area contributed by atoms with Crippen LogP contribution >= 0.6 is 0 Å². The van der Waals surface area contributed by atoms with Crippen LogP contribution in [-0.2, 0) is 14.6 Å². The first kappa shape index (κ1) is 24.5. The van der Waals surface area contributed by atoms with Crippen LogP contribution in [0.3, 0.4) is 0 Å². The van der Waals surface area contributed by atoms with E-state index in [2.05, 4.69) is 4.74 Å². The fraction of sp³-hybridized carbons (Fsp3) is 0.333. The van der Waals surface area contributed by atoms with E-state index >= 15 is 0 Å². The number of fused-ring (bicyclic) bond motifs is 1. The summed E-state index contributed by atoms with van der Waals surface area (Å²) in [7, 11) is -3.23. The van der Waals surface area contributed by atoms with Gasteiger partial charge < -0.3 is 24.5 Å². The first-order valence-electron chi connectivity index (χ1n) is 10.9. The van der Waals surface area contributed by atoms with Crippen molar-refractivity contribution < 1.29 is 36.3 Å². The van der Waals surface area contributed by atoms with Crippen molar-refractivity contribution in [3.63, 3.8) is 0 Å². The number of hydrogen-bond donors (Lipinski definition) is 1. The van der Waals surface area contributed by atoms with E-state index in [0.29, 0.717) is 35.4 Å². The molecule has 0 aliphatic carbocycles. The van der Waals surface area contributed by atoms with Crippen molar-refractivity contribution >= 4 is 38.6 Å². The van der Waals surface area contributed by atoms with E-state index in [0.717, 1.165) is 0 Å². The van der Waals surface area contributed by atoms with E-state index in [4.69, 9.17) is 14.9 Å². The van der Waals surface area contributed by atoms with Gasteiger partial charge in [-0.2, -0.15) is 0 Å². The number of rotatable bonds is 6. The minimum Gasteiger partial charge on any atom is -0.489 e. The number of furan rings is 1. The summed E-state index contributed by atoms with van der Waals surface area (Å²) in [6.07, 6.45) is 0.166. The fourth-order valence-corrected chi connectivity index (χ4v) is 5.14. The molecule has 1 aromatic heterocycles. The molecule has 0 radical (unpaired) electrons. The minimum atomic E-state index is -3.23. The lowest BCUT2D eigenvalue weighted by Gasteiger charge is -2.23. The summed E-state index contributed by atoms with van der Waals surface area (Å²) in [5.41, 5.74) is 6.25. The maximum Gasteiger partial charge on any atom is 0.412 e. The molecule has 2 N–H and O–H groups in total. The van der Waals surface area contributed by atoms with Crippen molar-refractivity contribution in [3.8, 4) is 17.1 Å². The Hall–Kier alpha value is -3.60. The number of halogens is 1. The number of anilines is 1. The molecule has 1 aliphatic rings. The van der Waals surface area contributed by atoms with E-state index in [-0.39, 0.29) is 29.6 Å². The summed E-state index contributed by atoms with van der Waals surface area (Å²) < 4.78 is 54.3. The third kappa shape index (κ3) is 5.09. The Morgan fingerprint density at radius 3 is 2.46 bits per heavy atom. The predicted molar refractivity (Wildman–Crippen MR) is 128 cm³/mol. The van der Waals surface area contributed by atoms with Gasteiger partial charge in [0.2, 0.25) is 0 Å². The van der Waals surface area contributed by atoms with Crippen LogP contribution < -0.4 is 15.4 Å². The molecule has 3 aromatic rings. The number of nitrogens with two attached hydrogens (primary N) is 1. The minimum absolute atomic E-state index is 0.0642. The molecule has 4 rings (SSSR count). The third-order valence-electron chi connectivity index (χ3n) is 5.73. The lowest BCUT2D eigenvalue weighted by molar-refractivity contribution is 0.0640. The van der Waals surface area contributed by atoms with Crippen LogP contribution in [0, 0.1) is 5.82 Å². The molecule has 1 atom stereocenters. The van der Waals surface area contributed by atoms with Crippen LogP contribution in [0.5, 0.6) is 5.75 Å². The molecule has 0 bridgehead atoms. The molecule has 2 aromatic carbocycles. The van der Waals surface area contributed by atoms with Gasteiger partial charge in [-0.15, -0.1) is 0 Å². The summed E-state index contributed by atoms with van der Waals surface area (Å²) in [6, 6.07) is 8.52. The van der Waals surface area contributed by atoms with Gasteiger partial charge >= 0.3 is 12.1 Å². The molecule has 1 unspecified atom stereocenters. The summed E-state index contributed by atoms with van der Waals surface area (Å²) in [5.74, 6) is -1.04. The molecular formula is C24H25FN2O7S. The molecule has 1 fully saturated rings. The quantitative estimate of drug-likeness (QED) is 0.395. The average molecular weight is 505 g/mol. The third-order valence-corrected chi connectivity index (χ3v) is 7.32. The summed E-state index contributed by atoms with van der Waals surface area (Å²) in [6.45, 7) is 4.43. The van der Waals surface area contributed by atoms with Crippen molar-refractivity contribution in [2.24, 2.45) is 5.73 Å². The Labute approximate surface area is 201 Å². The van der Waals surface area contributed by atoms with Gasteiger partial charge in [0, 0.05) is 36.4 Å². The van der Waals surface area contributed by atoms with Crippen LogP contribution in [0.4, 0.5) is 14.9 Å². The molecule has 1 amide bonds. The monoisotopic (exact) mass is 504 g/mol. The van der Waals surface area contributed by atoms with Gasteiger partial charge in [-0.25, -0.2) is 22.4 Å². The van der Waals surface area contributed by atoms with E-state index in [9.17, 15) is 22.4 Å². The van der Waals surface area contributed by atoms with Gasteiger partial charge in [-0.05, 0) is 50.6 Å². The number of nitrogens with zero attached hydrogens (tertiary/aromatic N) is 1. The van der Waals surface area contributed by atoms with Crippen LogP contribution in [0.1, 0.15) is 30.6 Å². The molecule has 2 heterocycles. The fourth-order valence-electron chi connectivity index (χ4n) is 4.15. The first-order valence-corrected chi connectivity index (χ1v) is 12.9. The van der Waals surface area contributed by atoms with Crippen molar-refractivity contribution in [1.29, 1.82) is 0 Å². The summed E-state index contributed by atoms with van der Waals surface area (Å²) >= 11 is 0. The Morgan fingerprint density at radius 2 is 1.89 bits per heavy atom. The summed E-state index contributed by atoms with van der Waals surface area (Å²) in [5, 5.41) is -0.216. The van der Waals surface area contributed by atoms with Crippen molar-refractivity contribution in [3.05, 3.63) is 47.8 Å². The predicted octanol–water partition coefficient (Wildman–Crippen LogP) is 3.88. The molecule has 0 spiro atoms. The molecule has 9 nitrogen and oxygen atoms in total. The summed E-state index contributed by atoms with van der Waals surface area (Å²) in [4.78, 5) is 26.0. The van der Waals surface area contributed by atoms with Crippen molar-refractivity contribution in [2.75, 3.05) is 24.2 Å². The second-order valence-corrected chi connectivity index (χ2v) is 11.0. The van der Waals surface area contributed by atoms with Gasteiger partial charge in [-0.1, -0.05) is 0 Å². The largest absolute Gasteiger partial charge is 0.489 e. The highest BCUT2D eigenvalue weighted by atomic mass is 32.2. The zero-order valence-electron chi connectivity index (χ0n) is 19.4. The number of ether oxygens (including phenoxy) is 2. The number of benzene rings is 2. The second kappa shape index (κ2) is 9.21. The number of carbonyl (C=O) groups excluding carboxylic acids is 2. The number of esters is 1. The average Bonchev–Trinajstić information content (AvgIpc) is 3.37.